The van der Waals surface area contributed by atoms with E-state index in [1.807, 2.05) is 9.80 Å². The van der Waals surface area contributed by atoms with Crippen LogP contribution >= 0.6 is 22.9 Å². The van der Waals surface area contributed by atoms with Gasteiger partial charge < -0.3 is 9.80 Å². The molecule has 0 N–H and O–H groups in total. The van der Waals surface area contributed by atoms with Crippen molar-refractivity contribution >= 4 is 34.8 Å². The van der Waals surface area contributed by atoms with Crippen LogP contribution in [0.2, 0.25) is 5.02 Å². The molecule has 5 nitrogen and oxygen atoms in total. The van der Waals surface area contributed by atoms with Crippen molar-refractivity contribution in [2.45, 2.75) is 13.0 Å². The maximum Gasteiger partial charge on any atom is 0.229 e. The molecule has 0 aromatic carbocycles. The van der Waals surface area contributed by atoms with E-state index < -0.39 is 0 Å². The first-order valence-corrected chi connectivity index (χ1v) is 8.53. The van der Waals surface area contributed by atoms with E-state index in [1.54, 1.807) is 23.7 Å². The van der Waals surface area contributed by atoms with Crippen molar-refractivity contribution in [2.75, 3.05) is 24.5 Å². The predicted octanol–water partition coefficient (Wildman–Crippen LogP) is 2.21. The van der Waals surface area contributed by atoms with Crippen molar-refractivity contribution in [3.05, 3.63) is 39.3 Å². The Labute approximate surface area is 137 Å². The molecule has 1 fully saturated rings. The number of halogens is 1. The number of nitrogens with zero attached hydrogens (tertiary/aromatic N) is 4. The van der Waals surface area contributed by atoms with E-state index in [9.17, 15) is 4.79 Å². The monoisotopic (exact) mass is 334 g/mol. The third kappa shape index (κ3) is 2.46. The zero-order chi connectivity index (χ0) is 15.1. The Morgan fingerprint density at radius 1 is 1.32 bits per heavy atom. The van der Waals surface area contributed by atoms with Crippen LogP contribution in [-0.4, -0.2) is 40.4 Å². The van der Waals surface area contributed by atoms with Gasteiger partial charge in [0, 0.05) is 31.1 Å². The molecule has 114 valence electrons. The maximum absolute atomic E-state index is 12.6. The van der Waals surface area contributed by atoms with Crippen LogP contribution in [-0.2, 0) is 17.8 Å². The molecular formula is C15H15ClN4OS. The van der Waals surface area contributed by atoms with E-state index >= 15 is 0 Å². The summed E-state index contributed by atoms with van der Waals surface area (Å²) in [4.78, 5) is 26.4. The third-order valence-corrected chi connectivity index (χ3v) is 5.46. The number of carbonyl (C=O) groups excluding carboxylic acids is 1. The highest BCUT2D eigenvalue weighted by Gasteiger charge is 2.37. The van der Waals surface area contributed by atoms with Crippen LogP contribution in [0.25, 0.3) is 0 Å². The summed E-state index contributed by atoms with van der Waals surface area (Å²) in [5.74, 6) is 0.953. The van der Waals surface area contributed by atoms with E-state index in [1.165, 1.54) is 10.4 Å². The molecule has 0 bridgehead atoms. The predicted molar refractivity (Wildman–Crippen MR) is 86.2 cm³/mol. The van der Waals surface area contributed by atoms with Gasteiger partial charge in [-0.25, -0.2) is 9.97 Å². The lowest BCUT2D eigenvalue weighted by molar-refractivity contribution is -0.137. The van der Waals surface area contributed by atoms with Gasteiger partial charge in [0.25, 0.3) is 0 Å². The highest BCUT2D eigenvalue weighted by Crippen LogP contribution is 2.28. The molecule has 0 unspecified atom stereocenters. The van der Waals surface area contributed by atoms with Crippen molar-refractivity contribution in [2.24, 2.45) is 5.92 Å². The van der Waals surface area contributed by atoms with E-state index in [2.05, 4.69) is 21.4 Å². The summed E-state index contributed by atoms with van der Waals surface area (Å²) in [5.41, 5.74) is 1.31. The average Bonchev–Trinajstić information content (AvgIpc) is 2.95. The van der Waals surface area contributed by atoms with Gasteiger partial charge in [0.05, 0.1) is 23.3 Å². The molecule has 2 aliphatic rings. The lowest BCUT2D eigenvalue weighted by Crippen LogP contribution is -2.55. The van der Waals surface area contributed by atoms with Crippen LogP contribution in [0.5, 0.6) is 0 Å². The molecule has 0 saturated carbocycles. The number of amides is 1. The summed E-state index contributed by atoms with van der Waals surface area (Å²) in [6.07, 6.45) is 4.15. The van der Waals surface area contributed by atoms with Gasteiger partial charge in [-0.3, -0.25) is 4.79 Å². The number of rotatable bonds is 2. The van der Waals surface area contributed by atoms with E-state index in [0.29, 0.717) is 24.1 Å². The van der Waals surface area contributed by atoms with E-state index in [-0.39, 0.29) is 11.8 Å². The summed E-state index contributed by atoms with van der Waals surface area (Å²) >= 11 is 7.58. The first-order chi connectivity index (χ1) is 10.7. The van der Waals surface area contributed by atoms with Gasteiger partial charge in [0.1, 0.15) is 0 Å². The van der Waals surface area contributed by atoms with Crippen LogP contribution in [0, 0.1) is 5.92 Å². The van der Waals surface area contributed by atoms with Crippen molar-refractivity contribution in [1.29, 1.82) is 0 Å². The van der Waals surface area contributed by atoms with Crippen LogP contribution in [0.3, 0.4) is 0 Å². The second-order valence-corrected chi connectivity index (χ2v) is 7.12. The molecule has 2 aromatic heterocycles. The third-order valence-electron chi connectivity index (χ3n) is 4.24. The van der Waals surface area contributed by atoms with Crippen LogP contribution in [0.15, 0.2) is 23.8 Å². The molecule has 22 heavy (non-hydrogen) atoms. The second kappa shape index (κ2) is 5.52. The van der Waals surface area contributed by atoms with Gasteiger partial charge in [-0.1, -0.05) is 11.6 Å². The van der Waals surface area contributed by atoms with Gasteiger partial charge in [0.2, 0.25) is 11.9 Å². The summed E-state index contributed by atoms with van der Waals surface area (Å²) < 4.78 is 0. The fourth-order valence-corrected chi connectivity index (χ4v) is 3.95. The lowest BCUT2D eigenvalue weighted by Gasteiger charge is -2.41. The number of thiophene rings is 1. The Morgan fingerprint density at radius 2 is 2.09 bits per heavy atom. The maximum atomic E-state index is 12.6. The van der Waals surface area contributed by atoms with E-state index in [0.717, 1.165) is 19.5 Å². The number of aromatic nitrogens is 2. The normalized spacial score (nSPS) is 18.0. The molecule has 4 heterocycles. The Kier molecular flexibility index (Phi) is 3.50. The molecule has 0 radical (unpaired) electrons. The van der Waals surface area contributed by atoms with Gasteiger partial charge >= 0.3 is 0 Å². The summed E-state index contributed by atoms with van der Waals surface area (Å²) in [5, 5.41) is 2.64. The molecule has 1 amide bonds. The molecule has 7 heteroatoms. The Balaban J connectivity index is 1.37. The topological polar surface area (TPSA) is 49.3 Å². The molecule has 2 aromatic rings. The standard InChI is InChI=1S/C15H15ClN4OS/c16-12-5-17-15(18-6-12)20-8-11(9-20)14(21)19-3-1-13-10(7-19)2-4-22-13/h2,4-6,11H,1,3,7-9H2. The minimum atomic E-state index is 0.0551. The Morgan fingerprint density at radius 3 is 2.86 bits per heavy atom. The summed E-state index contributed by atoms with van der Waals surface area (Å²) in [6, 6.07) is 2.13. The first kappa shape index (κ1) is 14.0. The first-order valence-electron chi connectivity index (χ1n) is 7.27. The number of hydrogen-bond donors (Lipinski definition) is 0. The molecule has 0 aliphatic carbocycles. The zero-order valence-corrected chi connectivity index (χ0v) is 13.5. The fourth-order valence-electron chi connectivity index (χ4n) is 2.96. The van der Waals surface area contributed by atoms with Crippen molar-refractivity contribution in [3.8, 4) is 0 Å². The molecular weight excluding hydrogens is 320 g/mol. The van der Waals surface area contributed by atoms with Crippen LogP contribution < -0.4 is 4.90 Å². The Bertz CT molecular complexity index is 696. The van der Waals surface area contributed by atoms with Gasteiger partial charge in [-0.05, 0) is 23.4 Å². The number of anilines is 1. The molecule has 1 saturated heterocycles. The average molecular weight is 335 g/mol. The van der Waals surface area contributed by atoms with Crippen molar-refractivity contribution in [3.63, 3.8) is 0 Å². The lowest BCUT2D eigenvalue weighted by atomic mass is 9.97. The number of hydrogen-bond acceptors (Lipinski definition) is 5. The molecule has 0 spiro atoms. The quantitative estimate of drug-likeness (QED) is 0.845. The van der Waals surface area contributed by atoms with Gasteiger partial charge in [-0.15, -0.1) is 11.3 Å². The molecule has 4 rings (SSSR count). The van der Waals surface area contributed by atoms with Crippen molar-refractivity contribution < 1.29 is 4.79 Å². The van der Waals surface area contributed by atoms with Gasteiger partial charge in [-0.2, -0.15) is 0 Å². The highest BCUT2D eigenvalue weighted by molar-refractivity contribution is 7.10. The van der Waals surface area contributed by atoms with E-state index in [4.69, 9.17) is 11.6 Å². The van der Waals surface area contributed by atoms with Crippen LogP contribution in [0.4, 0.5) is 5.95 Å². The molecule has 0 atom stereocenters. The summed E-state index contributed by atoms with van der Waals surface area (Å²) in [6.45, 7) is 2.97. The zero-order valence-electron chi connectivity index (χ0n) is 11.9. The summed E-state index contributed by atoms with van der Waals surface area (Å²) in [7, 11) is 0. The fraction of sp³-hybridized carbons (Fsp3) is 0.400. The smallest absolute Gasteiger partial charge is 0.229 e. The number of carbonyl (C=O) groups is 1. The largest absolute Gasteiger partial charge is 0.339 e. The minimum absolute atomic E-state index is 0.0551. The minimum Gasteiger partial charge on any atom is -0.339 e. The highest BCUT2D eigenvalue weighted by atomic mass is 35.5. The Hall–Kier alpha value is -1.66. The number of fused-ring (bicyclic) bond motifs is 1. The second-order valence-electron chi connectivity index (χ2n) is 5.68. The molecule has 2 aliphatic heterocycles. The van der Waals surface area contributed by atoms with Crippen LogP contribution in [0.1, 0.15) is 10.4 Å². The SMILES string of the molecule is O=C(C1CN(c2ncc(Cl)cn2)C1)N1CCc2sccc2C1. The van der Waals surface area contributed by atoms with Crippen molar-refractivity contribution in [1.82, 2.24) is 14.9 Å². The van der Waals surface area contributed by atoms with Gasteiger partial charge in [0.15, 0.2) is 0 Å².